The molecule has 0 aliphatic carbocycles. The maximum atomic E-state index is 12.8. The van der Waals surface area contributed by atoms with Crippen molar-refractivity contribution in [2.24, 2.45) is 0 Å². The Kier molecular flexibility index (Phi) is 5.96. The van der Waals surface area contributed by atoms with Gasteiger partial charge in [0, 0.05) is 11.8 Å². The fourth-order valence-electron chi connectivity index (χ4n) is 2.54. The minimum atomic E-state index is -0.686. The van der Waals surface area contributed by atoms with Gasteiger partial charge >= 0.3 is 0 Å². The lowest BCUT2D eigenvalue weighted by Crippen LogP contribution is -2.37. The molecule has 2 aromatic carbocycles. The number of nitrogens with zero attached hydrogens (tertiary/aromatic N) is 1. The normalized spacial score (nSPS) is 11.6. The van der Waals surface area contributed by atoms with Gasteiger partial charge in [-0.2, -0.15) is 0 Å². The number of para-hydroxylation sites is 1. The first kappa shape index (κ1) is 18.3. The number of aryl methyl sites for hydroxylation is 1. The molecule has 0 aliphatic rings. The van der Waals surface area contributed by atoms with Gasteiger partial charge in [0.2, 0.25) is 17.7 Å². The van der Waals surface area contributed by atoms with Crippen molar-refractivity contribution >= 4 is 23.4 Å². The highest BCUT2D eigenvalue weighted by atomic mass is 16.5. The smallest absolute Gasteiger partial charge is 0.246 e. The van der Waals surface area contributed by atoms with E-state index in [4.69, 9.17) is 4.52 Å². The molecule has 1 atom stereocenters. The van der Waals surface area contributed by atoms with Gasteiger partial charge in [-0.25, -0.2) is 0 Å². The second kappa shape index (κ2) is 8.77. The number of hydrogen-bond acceptors (Lipinski definition) is 5. The van der Waals surface area contributed by atoms with Gasteiger partial charge in [-0.3, -0.25) is 20.2 Å². The molecule has 0 spiro atoms. The molecule has 7 nitrogen and oxygen atoms in total. The molecule has 0 fully saturated rings. The third-order valence-electron chi connectivity index (χ3n) is 3.79. The zero-order chi connectivity index (χ0) is 19.1. The number of nitrogens with one attached hydrogen (secondary N) is 3. The average Bonchev–Trinajstić information content (AvgIpc) is 3.08. The van der Waals surface area contributed by atoms with E-state index in [-0.39, 0.29) is 24.2 Å². The van der Waals surface area contributed by atoms with Gasteiger partial charge in [-0.15, -0.1) is 0 Å². The van der Waals surface area contributed by atoms with Crippen molar-refractivity contribution in [3.8, 4) is 0 Å². The molecule has 138 valence electrons. The summed E-state index contributed by atoms with van der Waals surface area (Å²) in [6.07, 6.45) is 0. The largest absolute Gasteiger partial charge is 0.338 e. The Hall–Kier alpha value is -3.45. The Morgan fingerprint density at radius 2 is 1.67 bits per heavy atom. The lowest BCUT2D eigenvalue weighted by atomic mass is 10.1. The predicted octanol–water partition coefficient (Wildman–Crippen LogP) is 2.89. The van der Waals surface area contributed by atoms with Crippen LogP contribution in [0.1, 0.15) is 17.3 Å². The highest BCUT2D eigenvalue weighted by Crippen LogP contribution is 2.16. The predicted molar refractivity (Wildman–Crippen MR) is 102 cm³/mol. The van der Waals surface area contributed by atoms with E-state index in [2.05, 4.69) is 21.1 Å². The lowest BCUT2D eigenvalue weighted by Gasteiger charge is -2.18. The number of carbonyl (C=O) groups excluding carboxylic acids is 2. The van der Waals surface area contributed by atoms with Crippen LogP contribution in [0.4, 0.5) is 11.6 Å². The molecule has 0 aliphatic heterocycles. The Labute approximate surface area is 156 Å². The summed E-state index contributed by atoms with van der Waals surface area (Å²) in [4.78, 5) is 24.9. The fourth-order valence-corrected chi connectivity index (χ4v) is 2.54. The maximum Gasteiger partial charge on any atom is 0.246 e. The maximum absolute atomic E-state index is 12.8. The number of anilines is 2. The molecule has 3 rings (SSSR count). The zero-order valence-corrected chi connectivity index (χ0v) is 14.8. The van der Waals surface area contributed by atoms with Crippen molar-refractivity contribution < 1.29 is 14.1 Å². The minimum absolute atomic E-state index is 0.0679. The van der Waals surface area contributed by atoms with Crippen LogP contribution in [0.25, 0.3) is 0 Å². The van der Waals surface area contributed by atoms with Gasteiger partial charge in [-0.05, 0) is 24.6 Å². The number of hydrogen-bond donors (Lipinski definition) is 3. The van der Waals surface area contributed by atoms with Gasteiger partial charge in [0.15, 0.2) is 0 Å². The Bertz CT molecular complexity index is 894. The molecule has 3 N–H and O–H groups in total. The van der Waals surface area contributed by atoms with E-state index in [0.29, 0.717) is 11.4 Å². The van der Waals surface area contributed by atoms with Gasteiger partial charge in [0.05, 0.1) is 12.2 Å². The summed E-state index contributed by atoms with van der Waals surface area (Å²) in [6.45, 7) is 1.69. The molecule has 0 saturated heterocycles. The van der Waals surface area contributed by atoms with Crippen molar-refractivity contribution in [3.63, 3.8) is 0 Å². The monoisotopic (exact) mass is 364 g/mol. The summed E-state index contributed by atoms with van der Waals surface area (Å²) >= 11 is 0. The number of rotatable bonds is 7. The molecular formula is C20H20N4O3. The molecular weight excluding hydrogens is 344 g/mol. The zero-order valence-electron chi connectivity index (χ0n) is 14.8. The summed E-state index contributed by atoms with van der Waals surface area (Å²) in [6, 6.07) is 19.3. The van der Waals surface area contributed by atoms with E-state index in [0.717, 1.165) is 5.56 Å². The van der Waals surface area contributed by atoms with E-state index < -0.39 is 6.04 Å². The first-order valence-electron chi connectivity index (χ1n) is 8.49. The topological polar surface area (TPSA) is 96.3 Å². The van der Waals surface area contributed by atoms with E-state index in [9.17, 15) is 9.59 Å². The summed E-state index contributed by atoms with van der Waals surface area (Å²) < 4.78 is 4.96. The lowest BCUT2D eigenvalue weighted by molar-refractivity contribution is -0.119. The van der Waals surface area contributed by atoms with Crippen LogP contribution in [0.3, 0.4) is 0 Å². The van der Waals surface area contributed by atoms with Crippen LogP contribution in [-0.2, 0) is 9.59 Å². The van der Waals surface area contributed by atoms with Crippen molar-refractivity contribution in [1.29, 1.82) is 0 Å². The molecule has 7 heteroatoms. The van der Waals surface area contributed by atoms with Crippen molar-refractivity contribution in [2.75, 3.05) is 17.2 Å². The first-order valence-corrected chi connectivity index (χ1v) is 8.49. The van der Waals surface area contributed by atoms with E-state index in [1.54, 1.807) is 25.1 Å². The van der Waals surface area contributed by atoms with Crippen molar-refractivity contribution in [3.05, 3.63) is 78.0 Å². The molecule has 27 heavy (non-hydrogen) atoms. The van der Waals surface area contributed by atoms with Gasteiger partial charge in [-0.1, -0.05) is 53.7 Å². The Balaban J connectivity index is 1.66. The van der Waals surface area contributed by atoms with Crippen LogP contribution in [0.5, 0.6) is 0 Å². The SMILES string of the molecule is Cc1cc(NC(=O)CN[C@H](C(=O)Nc2ccccc2)c2ccccc2)on1. The van der Waals surface area contributed by atoms with Gasteiger partial charge < -0.3 is 9.84 Å². The Morgan fingerprint density at radius 3 is 2.30 bits per heavy atom. The van der Waals surface area contributed by atoms with E-state index in [1.165, 1.54) is 0 Å². The summed E-state index contributed by atoms with van der Waals surface area (Å²) in [5.74, 6) is -0.320. The third-order valence-corrected chi connectivity index (χ3v) is 3.79. The van der Waals surface area contributed by atoms with Gasteiger partial charge in [0.1, 0.15) is 6.04 Å². The second-order valence-corrected chi connectivity index (χ2v) is 5.96. The molecule has 0 saturated carbocycles. The van der Waals surface area contributed by atoms with Crippen molar-refractivity contribution in [2.45, 2.75) is 13.0 Å². The quantitative estimate of drug-likeness (QED) is 0.599. The fraction of sp³-hybridized carbons (Fsp3) is 0.150. The molecule has 1 heterocycles. The Morgan fingerprint density at radius 1 is 1.00 bits per heavy atom. The van der Waals surface area contributed by atoms with E-state index in [1.807, 2.05) is 48.5 Å². The van der Waals surface area contributed by atoms with Crippen LogP contribution < -0.4 is 16.0 Å². The van der Waals surface area contributed by atoms with Crippen molar-refractivity contribution in [1.82, 2.24) is 10.5 Å². The molecule has 0 bridgehead atoms. The highest BCUT2D eigenvalue weighted by molar-refractivity contribution is 5.96. The van der Waals surface area contributed by atoms with Crippen LogP contribution in [0.15, 0.2) is 71.3 Å². The first-order chi connectivity index (χ1) is 13.1. The average molecular weight is 364 g/mol. The summed E-state index contributed by atoms with van der Waals surface area (Å²) in [5.41, 5.74) is 2.11. The summed E-state index contributed by atoms with van der Waals surface area (Å²) in [7, 11) is 0. The summed E-state index contributed by atoms with van der Waals surface area (Å²) in [5, 5.41) is 12.2. The standard InChI is InChI=1S/C20H20N4O3/c1-14-12-18(27-24-14)23-17(25)13-21-19(15-8-4-2-5-9-15)20(26)22-16-10-6-3-7-11-16/h2-12,19,21H,13H2,1H3,(H,22,26)(H,23,25)/t19-/m0/s1. The van der Waals surface area contributed by atoms with Crippen LogP contribution in [0.2, 0.25) is 0 Å². The molecule has 1 aromatic heterocycles. The second-order valence-electron chi connectivity index (χ2n) is 5.96. The number of benzene rings is 2. The van der Waals surface area contributed by atoms with Crippen LogP contribution in [-0.4, -0.2) is 23.5 Å². The van der Waals surface area contributed by atoms with Gasteiger partial charge in [0.25, 0.3) is 0 Å². The molecule has 3 aromatic rings. The number of aromatic nitrogens is 1. The third kappa shape index (κ3) is 5.26. The molecule has 2 amide bonds. The minimum Gasteiger partial charge on any atom is -0.338 e. The number of carbonyl (C=O) groups is 2. The van der Waals surface area contributed by atoms with Crippen LogP contribution in [0, 0.1) is 6.92 Å². The number of amides is 2. The van der Waals surface area contributed by atoms with Crippen LogP contribution >= 0.6 is 0 Å². The molecule has 0 unspecified atom stereocenters. The highest BCUT2D eigenvalue weighted by Gasteiger charge is 2.21. The molecule has 0 radical (unpaired) electrons. The van der Waals surface area contributed by atoms with E-state index >= 15 is 0 Å².